The minimum absolute atomic E-state index is 0.0801. The zero-order chi connectivity index (χ0) is 8.97. The van der Waals surface area contributed by atoms with Gasteiger partial charge in [-0.2, -0.15) is 5.26 Å². The second-order valence-electron chi connectivity index (χ2n) is 3.50. The summed E-state index contributed by atoms with van der Waals surface area (Å²) in [5.41, 5.74) is 0. The van der Waals surface area contributed by atoms with Crippen LogP contribution in [0.25, 0.3) is 0 Å². The van der Waals surface area contributed by atoms with Crippen LogP contribution in [0.4, 0.5) is 0 Å². The number of hydrogen-bond donors (Lipinski definition) is 0. The standard InChI is InChI=1S/C9H17N3/c1-9(8-10)12-5-3-4-11(2)6-7-12/h9H,3-7H2,1-2H3. The fourth-order valence-electron chi connectivity index (χ4n) is 1.54. The summed E-state index contributed by atoms with van der Waals surface area (Å²) < 4.78 is 0. The Labute approximate surface area is 74.6 Å². The van der Waals surface area contributed by atoms with Gasteiger partial charge in [0.1, 0.15) is 0 Å². The molecule has 0 aromatic carbocycles. The predicted molar refractivity (Wildman–Crippen MR) is 48.8 cm³/mol. The highest BCUT2D eigenvalue weighted by Crippen LogP contribution is 2.04. The number of hydrogen-bond acceptors (Lipinski definition) is 3. The minimum atomic E-state index is 0.0801. The van der Waals surface area contributed by atoms with Crippen LogP contribution in [0.3, 0.4) is 0 Å². The summed E-state index contributed by atoms with van der Waals surface area (Å²) in [5, 5.41) is 8.74. The molecular formula is C9H17N3. The van der Waals surface area contributed by atoms with E-state index in [4.69, 9.17) is 5.26 Å². The molecule has 0 amide bonds. The molecule has 1 aliphatic rings. The van der Waals surface area contributed by atoms with Crippen LogP contribution in [0.2, 0.25) is 0 Å². The maximum absolute atomic E-state index is 8.74. The Morgan fingerprint density at radius 2 is 2.00 bits per heavy atom. The van der Waals surface area contributed by atoms with Crippen LogP contribution in [-0.2, 0) is 0 Å². The topological polar surface area (TPSA) is 30.3 Å². The van der Waals surface area contributed by atoms with Crippen LogP contribution in [0, 0.1) is 11.3 Å². The monoisotopic (exact) mass is 167 g/mol. The molecule has 0 aromatic heterocycles. The SMILES string of the molecule is CC(C#N)N1CCCN(C)CC1. The summed E-state index contributed by atoms with van der Waals surface area (Å²) in [6.07, 6.45) is 1.18. The van der Waals surface area contributed by atoms with Crippen molar-refractivity contribution >= 4 is 0 Å². The molecule has 3 nitrogen and oxygen atoms in total. The normalized spacial score (nSPS) is 24.4. The number of likely N-dealkylation sites (N-methyl/N-ethyl adjacent to an activating group) is 1. The van der Waals surface area contributed by atoms with Crippen molar-refractivity contribution in [3.8, 4) is 6.07 Å². The van der Waals surface area contributed by atoms with Crippen LogP contribution in [0.1, 0.15) is 13.3 Å². The maximum Gasteiger partial charge on any atom is 0.0949 e. The number of rotatable bonds is 1. The van der Waals surface area contributed by atoms with Crippen molar-refractivity contribution in [3.05, 3.63) is 0 Å². The first-order chi connectivity index (χ1) is 5.74. The molecular weight excluding hydrogens is 150 g/mol. The van der Waals surface area contributed by atoms with E-state index in [0.29, 0.717) is 0 Å². The molecule has 1 rings (SSSR count). The van der Waals surface area contributed by atoms with Crippen molar-refractivity contribution in [2.45, 2.75) is 19.4 Å². The molecule has 0 bridgehead atoms. The summed E-state index contributed by atoms with van der Waals surface area (Å²) in [4.78, 5) is 4.58. The molecule has 0 aliphatic carbocycles. The van der Waals surface area contributed by atoms with Crippen molar-refractivity contribution in [2.75, 3.05) is 33.2 Å². The average molecular weight is 167 g/mol. The van der Waals surface area contributed by atoms with Crippen LogP contribution in [0.5, 0.6) is 0 Å². The van der Waals surface area contributed by atoms with Gasteiger partial charge in [-0.1, -0.05) is 0 Å². The first-order valence-corrected chi connectivity index (χ1v) is 4.56. The molecule has 0 aromatic rings. The third-order valence-electron chi connectivity index (χ3n) is 2.49. The highest BCUT2D eigenvalue weighted by Gasteiger charge is 2.16. The first kappa shape index (κ1) is 9.50. The number of nitriles is 1. The van der Waals surface area contributed by atoms with Crippen LogP contribution in [0.15, 0.2) is 0 Å². The molecule has 1 saturated heterocycles. The van der Waals surface area contributed by atoms with E-state index in [9.17, 15) is 0 Å². The predicted octanol–water partition coefficient (Wildman–Crippen LogP) is 0.536. The summed E-state index contributed by atoms with van der Waals surface area (Å²) in [6, 6.07) is 2.36. The molecule has 3 heteroatoms. The molecule has 1 aliphatic heterocycles. The van der Waals surface area contributed by atoms with Crippen molar-refractivity contribution in [3.63, 3.8) is 0 Å². The Morgan fingerprint density at radius 3 is 2.67 bits per heavy atom. The third-order valence-corrected chi connectivity index (χ3v) is 2.49. The lowest BCUT2D eigenvalue weighted by Crippen LogP contribution is -2.35. The van der Waals surface area contributed by atoms with E-state index in [1.807, 2.05) is 6.92 Å². The molecule has 1 heterocycles. The molecule has 0 spiro atoms. The molecule has 0 radical (unpaired) electrons. The van der Waals surface area contributed by atoms with Crippen molar-refractivity contribution in [1.29, 1.82) is 5.26 Å². The lowest BCUT2D eigenvalue weighted by molar-refractivity contribution is 0.251. The van der Waals surface area contributed by atoms with Crippen molar-refractivity contribution in [1.82, 2.24) is 9.80 Å². The lowest BCUT2D eigenvalue weighted by atomic mass is 10.3. The summed E-state index contributed by atoms with van der Waals surface area (Å²) >= 11 is 0. The highest BCUT2D eigenvalue weighted by atomic mass is 15.2. The van der Waals surface area contributed by atoms with E-state index in [-0.39, 0.29) is 6.04 Å². The Hall–Kier alpha value is -0.590. The minimum Gasteiger partial charge on any atom is -0.305 e. The van der Waals surface area contributed by atoms with E-state index in [2.05, 4.69) is 22.9 Å². The van der Waals surface area contributed by atoms with Crippen LogP contribution in [-0.4, -0.2) is 49.1 Å². The smallest absolute Gasteiger partial charge is 0.0949 e. The van der Waals surface area contributed by atoms with E-state index >= 15 is 0 Å². The lowest BCUT2D eigenvalue weighted by Gasteiger charge is -2.21. The van der Waals surface area contributed by atoms with E-state index < -0.39 is 0 Å². The van der Waals surface area contributed by atoms with Crippen molar-refractivity contribution < 1.29 is 0 Å². The molecule has 12 heavy (non-hydrogen) atoms. The van der Waals surface area contributed by atoms with Gasteiger partial charge in [0.2, 0.25) is 0 Å². The van der Waals surface area contributed by atoms with Gasteiger partial charge in [0.05, 0.1) is 12.1 Å². The van der Waals surface area contributed by atoms with E-state index in [1.54, 1.807) is 0 Å². The van der Waals surface area contributed by atoms with E-state index in [0.717, 1.165) is 26.2 Å². The zero-order valence-electron chi connectivity index (χ0n) is 7.95. The molecule has 68 valence electrons. The zero-order valence-corrected chi connectivity index (χ0v) is 7.95. The second kappa shape index (κ2) is 4.44. The van der Waals surface area contributed by atoms with Gasteiger partial charge in [-0.05, 0) is 26.9 Å². The second-order valence-corrected chi connectivity index (χ2v) is 3.50. The Morgan fingerprint density at radius 1 is 1.25 bits per heavy atom. The summed E-state index contributed by atoms with van der Waals surface area (Å²) in [5.74, 6) is 0. The van der Waals surface area contributed by atoms with Crippen LogP contribution < -0.4 is 0 Å². The Bertz CT molecular complexity index is 173. The molecule has 1 fully saturated rings. The maximum atomic E-state index is 8.74. The van der Waals surface area contributed by atoms with Gasteiger partial charge in [-0.25, -0.2) is 0 Å². The molecule has 1 atom stereocenters. The molecule has 0 saturated carbocycles. The first-order valence-electron chi connectivity index (χ1n) is 4.56. The van der Waals surface area contributed by atoms with Gasteiger partial charge < -0.3 is 4.90 Å². The average Bonchev–Trinajstić information content (AvgIpc) is 2.29. The van der Waals surface area contributed by atoms with Crippen LogP contribution >= 0.6 is 0 Å². The largest absolute Gasteiger partial charge is 0.305 e. The Balaban J connectivity index is 2.41. The van der Waals surface area contributed by atoms with Gasteiger partial charge in [-0.3, -0.25) is 4.90 Å². The highest BCUT2D eigenvalue weighted by molar-refractivity contribution is 4.88. The fraction of sp³-hybridized carbons (Fsp3) is 0.889. The Kier molecular flexibility index (Phi) is 3.51. The third kappa shape index (κ3) is 2.47. The van der Waals surface area contributed by atoms with Gasteiger partial charge >= 0.3 is 0 Å². The summed E-state index contributed by atoms with van der Waals surface area (Å²) in [7, 11) is 2.14. The van der Waals surface area contributed by atoms with E-state index in [1.165, 1.54) is 6.42 Å². The van der Waals surface area contributed by atoms with Gasteiger partial charge in [0.15, 0.2) is 0 Å². The molecule has 1 unspecified atom stereocenters. The summed E-state index contributed by atoms with van der Waals surface area (Å²) in [6.45, 7) is 6.33. The fourth-order valence-corrected chi connectivity index (χ4v) is 1.54. The quantitative estimate of drug-likeness (QED) is 0.571. The van der Waals surface area contributed by atoms with Gasteiger partial charge in [0, 0.05) is 19.6 Å². The van der Waals surface area contributed by atoms with Gasteiger partial charge in [0.25, 0.3) is 0 Å². The van der Waals surface area contributed by atoms with Gasteiger partial charge in [-0.15, -0.1) is 0 Å². The number of nitrogens with zero attached hydrogens (tertiary/aromatic N) is 3. The van der Waals surface area contributed by atoms with Crippen molar-refractivity contribution in [2.24, 2.45) is 0 Å². The molecule has 0 N–H and O–H groups in total.